The van der Waals surface area contributed by atoms with Crippen molar-refractivity contribution in [1.82, 2.24) is 14.9 Å². The summed E-state index contributed by atoms with van der Waals surface area (Å²) in [5, 5.41) is 0. The molecule has 0 spiro atoms. The van der Waals surface area contributed by atoms with Gasteiger partial charge in [0.2, 0.25) is 5.95 Å². The summed E-state index contributed by atoms with van der Waals surface area (Å²) in [6, 6.07) is 9.72. The zero-order valence-corrected chi connectivity index (χ0v) is 29.8. The molecule has 2 heterocycles. The molecule has 1 aliphatic carbocycles. The number of halogens is 6. The van der Waals surface area contributed by atoms with Crippen LogP contribution in [0.3, 0.4) is 0 Å². The standard InChI is InChI=1S/C38H44F6N4O5/c1-4-29-18-31(19-30(5-2)48(29)36(50)53-32-13-11-26(12-14-32)34(49)51-3)47(22-25-15-27(37(39,40)41)17-28(16-25)38(42,43)44)35-45-20-33(21-46-35)52-23-24-9-7-6-8-10-24/h6-10,15-17,20-21,26,29-32H,4-5,11-14,18-19,22-23H2,1-3H3. The van der Waals surface area contributed by atoms with Gasteiger partial charge >= 0.3 is 24.4 Å². The van der Waals surface area contributed by atoms with Gasteiger partial charge in [-0.3, -0.25) is 4.79 Å². The molecule has 0 N–H and O–H groups in total. The number of esters is 1. The number of amides is 1. The number of ether oxygens (including phenoxy) is 3. The Morgan fingerprint density at radius 2 is 1.40 bits per heavy atom. The zero-order valence-electron chi connectivity index (χ0n) is 29.8. The summed E-state index contributed by atoms with van der Waals surface area (Å²) in [4.78, 5) is 38.0. The van der Waals surface area contributed by atoms with E-state index in [1.165, 1.54) is 19.5 Å². The number of rotatable bonds is 11. The number of benzene rings is 2. The number of carbonyl (C=O) groups is 2. The quantitative estimate of drug-likeness (QED) is 0.142. The molecule has 2 fully saturated rings. The molecular weight excluding hydrogens is 706 g/mol. The van der Waals surface area contributed by atoms with Crippen LogP contribution in [0.25, 0.3) is 0 Å². The van der Waals surface area contributed by atoms with Crippen LogP contribution < -0.4 is 9.64 Å². The maximum Gasteiger partial charge on any atom is 0.416 e. The monoisotopic (exact) mass is 750 g/mol. The SMILES string of the molecule is CCC1CC(N(Cc2cc(C(F)(F)F)cc(C(F)(F)F)c2)c2ncc(OCc3ccccc3)cn2)CC(CC)N1C(=O)OC1CCC(C(=O)OC)CC1. The minimum Gasteiger partial charge on any atom is -0.486 e. The smallest absolute Gasteiger partial charge is 0.416 e. The number of carbonyl (C=O) groups excluding carboxylic acids is 2. The van der Waals surface area contributed by atoms with E-state index in [0.717, 1.165) is 17.7 Å². The van der Waals surface area contributed by atoms with Crippen molar-refractivity contribution in [3.63, 3.8) is 0 Å². The van der Waals surface area contributed by atoms with Gasteiger partial charge in [0.25, 0.3) is 0 Å². The second kappa shape index (κ2) is 17.1. The van der Waals surface area contributed by atoms with E-state index in [0.29, 0.717) is 57.1 Å². The summed E-state index contributed by atoms with van der Waals surface area (Å²) < 4.78 is 99.8. The van der Waals surface area contributed by atoms with Crippen LogP contribution in [0, 0.1) is 5.92 Å². The van der Waals surface area contributed by atoms with Crippen molar-refractivity contribution < 1.29 is 50.1 Å². The van der Waals surface area contributed by atoms with Crippen molar-refractivity contribution in [3.05, 3.63) is 83.2 Å². The van der Waals surface area contributed by atoms with Crippen molar-refractivity contribution in [2.75, 3.05) is 12.0 Å². The average molecular weight is 751 g/mol. The van der Waals surface area contributed by atoms with Gasteiger partial charge < -0.3 is 24.0 Å². The Kier molecular flexibility index (Phi) is 12.8. The third-order valence-electron chi connectivity index (χ3n) is 10.1. The maximum atomic E-state index is 13.9. The number of anilines is 1. The van der Waals surface area contributed by atoms with Crippen molar-refractivity contribution in [2.24, 2.45) is 5.92 Å². The van der Waals surface area contributed by atoms with E-state index in [4.69, 9.17) is 14.2 Å². The number of alkyl halides is 6. The molecule has 1 saturated heterocycles. The molecule has 3 aromatic rings. The predicted molar refractivity (Wildman–Crippen MR) is 183 cm³/mol. The number of aromatic nitrogens is 2. The van der Waals surface area contributed by atoms with E-state index < -0.39 is 35.6 Å². The first-order chi connectivity index (χ1) is 25.2. The van der Waals surface area contributed by atoms with E-state index in [1.54, 1.807) is 9.80 Å². The zero-order chi connectivity index (χ0) is 38.3. The second-order valence-electron chi connectivity index (χ2n) is 13.6. The van der Waals surface area contributed by atoms with Gasteiger partial charge in [-0.2, -0.15) is 26.3 Å². The molecule has 1 saturated carbocycles. The first-order valence-corrected chi connectivity index (χ1v) is 17.8. The van der Waals surface area contributed by atoms with Crippen LogP contribution in [-0.2, 0) is 39.8 Å². The molecule has 2 aliphatic rings. The van der Waals surface area contributed by atoms with E-state index in [2.05, 4.69) is 9.97 Å². The number of piperidine rings is 1. The predicted octanol–water partition coefficient (Wildman–Crippen LogP) is 8.99. The molecule has 1 amide bonds. The molecule has 1 aromatic heterocycles. The van der Waals surface area contributed by atoms with E-state index >= 15 is 0 Å². The highest BCUT2D eigenvalue weighted by Gasteiger charge is 2.42. The summed E-state index contributed by atoms with van der Waals surface area (Å²) in [7, 11) is 1.34. The molecule has 15 heteroatoms. The van der Waals surface area contributed by atoms with Gasteiger partial charge in [0.05, 0.1) is 36.5 Å². The average Bonchev–Trinajstić information content (AvgIpc) is 3.15. The number of methoxy groups -OCH3 is 1. The lowest BCUT2D eigenvalue weighted by Gasteiger charge is -2.47. The third kappa shape index (κ3) is 10.1. The van der Waals surface area contributed by atoms with Gasteiger partial charge in [0.15, 0.2) is 5.75 Å². The summed E-state index contributed by atoms with van der Waals surface area (Å²) in [6.45, 7) is 3.69. The molecule has 1 aliphatic heterocycles. The number of likely N-dealkylation sites (tertiary alicyclic amines) is 1. The summed E-state index contributed by atoms with van der Waals surface area (Å²) >= 11 is 0. The van der Waals surface area contributed by atoms with Gasteiger partial charge in [0, 0.05) is 24.7 Å². The third-order valence-corrected chi connectivity index (χ3v) is 10.1. The Morgan fingerprint density at radius 3 is 1.91 bits per heavy atom. The topological polar surface area (TPSA) is 94.1 Å². The largest absolute Gasteiger partial charge is 0.486 e. The minimum atomic E-state index is -5.01. The van der Waals surface area contributed by atoms with Gasteiger partial charge in [-0.05, 0) is 80.7 Å². The first kappa shape index (κ1) is 39.6. The lowest BCUT2D eigenvalue weighted by atomic mass is 9.87. The van der Waals surface area contributed by atoms with Gasteiger partial charge in [-0.1, -0.05) is 44.2 Å². The number of hydrogen-bond acceptors (Lipinski definition) is 8. The summed E-state index contributed by atoms with van der Waals surface area (Å²) in [5.41, 5.74) is -2.14. The fourth-order valence-electron chi connectivity index (χ4n) is 7.26. The highest BCUT2D eigenvalue weighted by Crippen LogP contribution is 2.39. The molecule has 0 radical (unpaired) electrons. The number of nitrogens with zero attached hydrogens (tertiary/aromatic N) is 4. The first-order valence-electron chi connectivity index (χ1n) is 17.8. The lowest BCUT2D eigenvalue weighted by molar-refractivity contribution is -0.147. The van der Waals surface area contributed by atoms with Gasteiger partial charge in [-0.15, -0.1) is 0 Å². The highest BCUT2D eigenvalue weighted by molar-refractivity contribution is 5.72. The van der Waals surface area contributed by atoms with Crippen LogP contribution in [-0.4, -0.2) is 58.3 Å². The van der Waals surface area contributed by atoms with Crippen LogP contribution >= 0.6 is 0 Å². The van der Waals surface area contributed by atoms with Crippen LogP contribution in [0.4, 0.5) is 37.1 Å². The summed E-state index contributed by atoms with van der Waals surface area (Å²) in [6.07, 6.45) is -4.24. The molecule has 2 unspecified atom stereocenters. The molecule has 288 valence electrons. The molecule has 9 nitrogen and oxygen atoms in total. The lowest BCUT2D eigenvalue weighted by Crippen LogP contribution is -2.57. The van der Waals surface area contributed by atoms with Crippen LogP contribution in [0.15, 0.2) is 60.9 Å². The summed E-state index contributed by atoms with van der Waals surface area (Å²) in [5.74, 6) is -0.0982. The Labute approximate surface area is 304 Å². The molecular formula is C38H44F6N4O5. The van der Waals surface area contributed by atoms with Gasteiger partial charge in [-0.25, -0.2) is 14.8 Å². The van der Waals surface area contributed by atoms with E-state index in [1.807, 2.05) is 44.2 Å². The molecule has 0 bridgehead atoms. The van der Waals surface area contributed by atoms with E-state index in [9.17, 15) is 35.9 Å². The fraction of sp³-hybridized carbons (Fsp3) is 0.526. The number of hydrogen-bond donors (Lipinski definition) is 0. The highest BCUT2D eigenvalue weighted by atomic mass is 19.4. The Hall–Kier alpha value is -4.56. The van der Waals surface area contributed by atoms with Crippen LogP contribution in [0.5, 0.6) is 5.75 Å². The van der Waals surface area contributed by atoms with Crippen LogP contribution in [0.2, 0.25) is 0 Å². The van der Waals surface area contributed by atoms with Gasteiger partial charge in [0.1, 0.15) is 12.7 Å². The molecule has 53 heavy (non-hydrogen) atoms. The van der Waals surface area contributed by atoms with Crippen molar-refractivity contribution >= 4 is 18.0 Å². The fourth-order valence-corrected chi connectivity index (χ4v) is 7.26. The second-order valence-corrected chi connectivity index (χ2v) is 13.6. The van der Waals surface area contributed by atoms with Crippen molar-refractivity contribution in [2.45, 2.75) is 115 Å². The van der Waals surface area contributed by atoms with E-state index in [-0.39, 0.29) is 60.8 Å². The Morgan fingerprint density at radius 1 is 0.830 bits per heavy atom. The van der Waals surface area contributed by atoms with Crippen molar-refractivity contribution in [1.29, 1.82) is 0 Å². The molecule has 5 rings (SSSR count). The maximum absolute atomic E-state index is 13.9. The normalized spacial score (nSPS) is 22.2. The molecule has 2 atom stereocenters. The van der Waals surface area contributed by atoms with Crippen LogP contribution in [0.1, 0.15) is 87.5 Å². The molecule has 2 aromatic carbocycles. The Balaban J connectivity index is 1.41. The van der Waals surface area contributed by atoms with Crippen molar-refractivity contribution in [3.8, 4) is 5.75 Å². The minimum absolute atomic E-state index is 0.0936. The Bertz CT molecular complexity index is 1620.